The number of carbonyl (C=O) groups excluding carboxylic acids is 1. The molecule has 0 unspecified atom stereocenters. The fraction of sp³-hybridized carbons (Fsp3) is 0.750. The van der Waals surface area contributed by atoms with Gasteiger partial charge in [-0.2, -0.15) is 0 Å². The van der Waals surface area contributed by atoms with E-state index in [4.69, 9.17) is 4.74 Å². The molecule has 1 aromatic heterocycles. The predicted octanol–water partition coefficient (Wildman–Crippen LogP) is 3.27. The molecule has 1 saturated carbocycles. The van der Waals surface area contributed by atoms with Gasteiger partial charge in [-0.15, -0.1) is 0 Å². The number of likely N-dealkylation sites (tertiary alicyclic amines) is 1. The number of piperidine rings is 1. The Hall–Kier alpha value is -1.85. The van der Waals surface area contributed by atoms with Crippen molar-refractivity contribution in [2.24, 2.45) is 5.92 Å². The smallest absolute Gasteiger partial charge is 0.274 e. The van der Waals surface area contributed by atoms with Crippen LogP contribution >= 0.6 is 0 Å². The van der Waals surface area contributed by atoms with E-state index in [-0.39, 0.29) is 5.91 Å². The molecule has 0 bridgehead atoms. The Morgan fingerprint density at radius 3 is 2.42 bits per heavy atom. The molecule has 3 heterocycles. The molecule has 1 aromatic rings. The summed E-state index contributed by atoms with van der Waals surface area (Å²) in [6.07, 6.45) is 12.4. The molecule has 1 aliphatic carbocycles. The van der Waals surface area contributed by atoms with Crippen molar-refractivity contribution in [2.45, 2.75) is 57.8 Å². The maximum absolute atomic E-state index is 12.8. The average Bonchev–Trinajstić information content (AvgIpc) is 3.40. The molecule has 0 radical (unpaired) electrons. The van der Waals surface area contributed by atoms with Crippen LogP contribution in [0.2, 0.25) is 0 Å². The molecule has 0 atom stereocenters. The minimum atomic E-state index is -0.00381. The topological polar surface area (TPSA) is 58.6 Å². The van der Waals surface area contributed by atoms with Gasteiger partial charge in [0.05, 0.1) is 12.8 Å². The van der Waals surface area contributed by atoms with E-state index in [0.717, 1.165) is 44.8 Å². The Morgan fingerprint density at radius 1 is 1.00 bits per heavy atom. The number of rotatable bonds is 5. The summed E-state index contributed by atoms with van der Waals surface area (Å²) in [5.41, 5.74) is 0.427. The number of aromatic nitrogens is 2. The van der Waals surface area contributed by atoms with Crippen LogP contribution in [0.25, 0.3) is 0 Å². The number of anilines is 1. The van der Waals surface area contributed by atoms with E-state index in [9.17, 15) is 4.79 Å². The summed E-state index contributed by atoms with van der Waals surface area (Å²) < 4.78 is 6.13. The Balaban J connectivity index is 1.53. The largest absolute Gasteiger partial charge is 0.475 e. The van der Waals surface area contributed by atoms with E-state index in [1.165, 1.54) is 44.9 Å². The molecular formula is C20H30N4O2. The van der Waals surface area contributed by atoms with Crippen molar-refractivity contribution in [3.63, 3.8) is 0 Å². The van der Waals surface area contributed by atoms with E-state index in [1.807, 2.05) is 4.90 Å². The molecule has 0 spiro atoms. The molecule has 2 aliphatic heterocycles. The quantitative estimate of drug-likeness (QED) is 0.808. The Morgan fingerprint density at radius 2 is 1.69 bits per heavy atom. The molecule has 0 N–H and O–H groups in total. The monoisotopic (exact) mass is 358 g/mol. The van der Waals surface area contributed by atoms with Gasteiger partial charge in [-0.05, 0) is 50.9 Å². The third kappa shape index (κ3) is 3.94. The summed E-state index contributed by atoms with van der Waals surface area (Å²) in [6.45, 7) is 4.33. The van der Waals surface area contributed by atoms with E-state index in [0.29, 0.717) is 24.1 Å². The summed E-state index contributed by atoms with van der Waals surface area (Å²) in [4.78, 5) is 26.2. The Bertz CT molecular complexity index is 618. The van der Waals surface area contributed by atoms with Gasteiger partial charge in [-0.3, -0.25) is 4.79 Å². The SMILES string of the molecule is O=C(c1cnc(N2CCCC2)c(OCC2CCCC2)n1)N1CCCCC1. The number of hydrogen-bond acceptors (Lipinski definition) is 5. The average molecular weight is 358 g/mol. The number of carbonyl (C=O) groups is 1. The van der Waals surface area contributed by atoms with Crippen molar-refractivity contribution >= 4 is 11.7 Å². The summed E-state index contributed by atoms with van der Waals surface area (Å²) >= 11 is 0. The molecular weight excluding hydrogens is 328 g/mol. The normalized spacial score (nSPS) is 21.4. The third-order valence-electron chi connectivity index (χ3n) is 5.92. The number of ether oxygens (including phenoxy) is 1. The first-order valence-corrected chi connectivity index (χ1v) is 10.4. The van der Waals surface area contributed by atoms with Gasteiger partial charge in [0.15, 0.2) is 11.5 Å². The second-order valence-electron chi connectivity index (χ2n) is 7.89. The summed E-state index contributed by atoms with van der Waals surface area (Å²) in [7, 11) is 0. The van der Waals surface area contributed by atoms with Gasteiger partial charge < -0.3 is 14.5 Å². The van der Waals surface area contributed by atoms with Gasteiger partial charge in [0, 0.05) is 26.2 Å². The van der Waals surface area contributed by atoms with Gasteiger partial charge >= 0.3 is 0 Å². The van der Waals surface area contributed by atoms with Crippen molar-refractivity contribution in [2.75, 3.05) is 37.7 Å². The fourth-order valence-corrected chi connectivity index (χ4v) is 4.34. The molecule has 1 amide bonds. The Labute approximate surface area is 155 Å². The van der Waals surface area contributed by atoms with Gasteiger partial charge in [0.1, 0.15) is 0 Å². The molecule has 2 saturated heterocycles. The second kappa shape index (κ2) is 8.23. The van der Waals surface area contributed by atoms with Crippen molar-refractivity contribution in [1.29, 1.82) is 0 Å². The van der Waals surface area contributed by atoms with Gasteiger partial charge in [-0.25, -0.2) is 9.97 Å². The number of nitrogens with zero attached hydrogens (tertiary/aromatic N) is 4. The van der Waals surface area contributed by atoms with Crippen molar-refractivity contribution in [3.05, 3.63) is 11.9 Å². The maximum Gasteiger partial charge on any atom is 0.274 e. The molecule has 6 nitrogen and oxygen atoms in total. The van der Waals surface area contributed by atoms with Gasteiger partial charge in [-0.1, -0.05) is 12.8 Å². The zero-order valence-electron chi connectivity index (χ0n) is 15.7. The molecule has 3 fully saturated rings. The highest BCUT2D eigenvalue weighted by Crippen LogP contribution is 2.30. The molecule has 26 heavy (non-hydrogen) atoms. The van der Waals surface area contributed by atoms with Crippen molar-refractivity contribution in [1.82, 2.24) is 14.9 Å². The highest BCUT2D eigenvalue weighted by Gasteiger charge is 2.25. The maximum atomic E-state index is 12.8. The third-order valence-corrected chi connectivity index (χ3v) is 5.92. The van der Waals surface area contributed by atoms with Crippen LogP contribution in [0.3, 0.4) is 0 Å². The van der Waals surface area contributed by atoms with Crippen LogP contribution in [0.4, 0.5) is 5.82 Å². The van der Waals surface area contributed by atoms with E-state index in [2.05, 4.69) is 14.9 Å². The highest BCUT2D eigenvalue weighted by atomic mass is 16.5. The molecule has 0 aromatic carbocycles. The van der Waals surface area contributed by atoms with Crippen molar-refractivity contribution in [3.8, 4) is 5.88 Å². The standard InChI is InChI=1S/C20H30N4O2/c25-20(24-12-4-1-5-13-24)17-14-21-18(23-10-6-7-11-23)19(22-17)26-15-16-8-2-3-9-16/h14,16H,1-13,15H2. The van der Waals surface area contributed by atoms with Crippen LogP contribution < -0.4 is 9.64 Å². The van der Waals surface area contributed by atoms with Crippen LogP contribution in [0.15, 0.2) is 6.20 Å². The predicted molar refractivity (Wildman–Crippen MR) is 101 cm³/mol. The van der Waals surface area contributed by atoms with Crippen LogP contribution in [0.1, 0.15) is 68.3 Å². The van der Waals surface area contributed by atoms with E-state index in [1.54, 1.807) is 6.20 Å². The Kier molecular flexibility index (Phi) is 5.56. The van der Waals surface area contributed by atoms with Crippen LogP contribution in [0, 0.1) is 5.92 Å². The fourth-order valence-electron chi connectivity index (χ4n) is 4.34. The molecule has 4 rings (SSSR count). The first kappa shape index (κ1) is 17.6. The summed E-state index contributed by atoms with van der Waals surface area (Å²) in [6, 6.07) is 0. The summed E-state index contributed by atoms with van der Waals surface area (Å²) in [5.74, 6) is 1.98. The first-order chi connectivity index (χ1) is 12.8. The number of amides is 1. The minimum absolute atomic E-state index is 0.00381. The lowest BCUT2D eigenvalue weighted by Gasteiger charge is -2.27. The van der Waals surface area contributed by atoms with Gasteiger partial charge in [0.2, 0.25) is 0 Å². The van der Waals surface area contributed by atoms with E-state index < -0.39 is 0 Å². The number of hydrogen-bond donors (Lipinski definition) is 0. The zero-order chi connectivity index (χ0) is 17.8. The minimum Gasteiger partial charge on any atom is -0.475 e. The highest BCUT2D eigenvalue weighted by molar-refractivity contribution is 5.92. The first-order valence-electron chi connectivity index (χ1n) is 10.4. The zero-order valence-corrected chi connectivity index (χ0v) is 15.7. The molecule has 3 aliphatic rings. The lowest BCUT2D eigenvalue weighted by molar-refractivity contribution is 0.0716. The molecule has 6 heteroatoms. The lowest BCUT2D eigenvalue weighted by Crippen LogP contribution is -2.36. The van der Waals surface area contributed by atoms with Crippen LogP contribution in [0.5, 0.6) is 5.88 Å². The van der Waals surface area contributed by atoms with E-state index >= 15 is 0 Å². The van der Waals surface area contributed by atoms with Crippen LogP contribution in [-0.2, 0) is 0 Å². The van der Waals surface area contributed by atoms with Crippen molar-refractivity contribution < 1.29 is 9.53 Å². The second-order valence-corrected chi connectivity index (χ2v) is 7.89. The summed E-state index contributed by atoms with van der Waals surface area (Å²) in [5, 5.41) is 0. The molecule has 142 valence electrons. The van der Waals surface area contributed by atoms with Gasteiger partial charge in [0.25, 0.3) is 11.8 Å². The lowest BCUT2D eigenvalue weighted by atomic mass is 10.1. The van der Waals surface area contributed by atoms with Crippen LogP contribution in [-0.4, -0.2) is 53.6 Å².